The average Bonchev–Trinajstić information content (AvgIpc) is 3.07. The van der Waals surface area contributed by atoms with Crippen LogP contribution >= 0.6 is 0 Å². The lowest BCUT2D eigenvalue weighted by Gasteiger charge is -2.20. The van der Waals surface area contributed by atoms with Crippen LogP contribution in [0, 0.1) is 5.92 Å². The molecule has 21 heavy (non-hydrogen) atoms. The van der Waals surface area contributed by atoms with Crippen LogP contribution in [0.5, 0.6) is 0 Å². The summed E-state index contributed by atoms with van der Waals surface area (Å²) in [6.07, 6.45) is 3.94. The monoisotopic (exact) mass is 288 g/mol. The molecule has 6 heteroatoms. The SMILES string of the molecule is Cn1nnc2cc(C(=O)N[C@H]3CCC[C@H]3CCO)ccc21. The summed E-state index contributed by atoms with van der Waals surface area (Å²) in [5, 5.41) is 20.2. The third-order valence-electron chi connectivity index (χ3n) is 4.35. The van der Waals surface area contributed by atoms with Gasteiger partial charge in [0.2, 0.25) is 0 Å². The molecule has 2 N–H and O–H groups in total. The molecule has 1 amide bonds. The fraction of sp³-hybridized carbons (Fsp3) is 0.533. The van der Waals surface area contributed by atoms with E-state index in [1.165, 1.54) is 0 Å². The Balaban J connectivity index is 1.74. The zero-order valence-corrected chi connectivity index (χ0v) is 12.1. The van der Waals surface area contributed by atoms with Crippen LogP contribution in [0.2, 0.25) is 0 Å². The first-order chi connectivity index (χ1) is 10.2. The molecule has 0 unspecified atom stereocenters. The van der Waals surface area contributed by atoms with Crippen LogP contribution in [0.1, 0.15) is 36.0 Å². The summed E-state index contributed by atoms with van der Waals surface area (Å²) < 4.78 is 1.69. The molecular weight excluding hydrogens is 268 g/mol. The van der Waals surface area contributed by atoms with Gasteiger partial charge in [-0.05, 0) is 43.4 Å². The van der Waals surface area contributed by atoms with Crippen molar-refractivity contribution >= 4 is 16.9 Å². The Labute approximate surface area is 123 Å². The molecule has 1 aliphatic rings. The summed E-state index contributed by atoms with van der Waals surface area (Å²) in [5.74, 6) is 0.316. The lowest BCUT2D eigenvalue weighted by molar-refractivity contribution is 0.0923. The highest BCUT2D eigenvalue weighted by atomic mass is 16.3. The number of rotatable bonds is 4. The van der Waals surface area contributed by atoms with Crippen LogP contribution < -0.4 is 5.32 Å². The van der Waals surface area contributed by atoms with E-state index in [1.54, 1.807) is 16.8 Å². The van der Waals surface area contributed by atoms with Crippen molar-refractivity contribution in [1.29, 1.82) is 0 Å². The topological polar surface area (TPSA) is 80.0 Å². The standard InChI is InChI=1S/C15H20N4O2/c1-19-14-6-5-11(9-13(14)17-18-19)15(21)16-12-4-2-3-10(12)7-8-20/h5-6,9-10,12,20H,2-4,7-8H2,1H3,(H,16,21)/t10-,12-/m0/s1. The van der Waals surface area contributed by atoms with Gasteiger partial charge in [-0.3, -0.25) is 4.79 Å². The Morgan fingerprint density at radius 1 is 1.48 bits per heavy atom. The number of benzene rings is 1. The van der Waals surface area contributed by atoms with Gasteiger partial charge in [0.1, 0.15) is 5.52 Å². The van der Waals surface area contributed by atoms with Crippen molar-refractivity contribution in [2.24, 2.45) is 13.0 Å². The van der Waals surface area contributed by atoms with Crippen LogP contribution in [0.25, 0.3) is 11.0 Å². The van der Waals surface area contributed by atoms with Gasteiger partial charge in [0.15, 0.2) is 0 Å². The fourth-order valence-electron chi connectivity index (χ4n) is 3.17. The molecule has 112 valence electrons. The van der Waals surface area contributed by atoms with Crippen molar-refractivity contribution in [2.75, 3.05) is 6.61 Å². The van der Waals surface area contributed by atoms with E-state index in [-0.39, 0.29) is 18.6 Å². The quantitative estimate of drug-likeness (QED) is 0.887. The molecule has 3 rings (SSSR count). The summed E-state index contributed by atoms with van der Waals surface area (Å²) >= 11 is 0. The van der Waals surface area contributed by atoms with Gasteiger partial charge in [0, 0.05) is 25.3 Å². The molecule has 1 heterocycles. The number of aliphatic hydroxyl groups is 1. The number of aryl methyl sites for hydroxylation is 1. The lowest BCUT2D eigenvalue weighted by Crippen LogP contribution is -2.37. The van der Waals surface area contributed by atoms with Crippen LogP contribution in [0.15, 0.2) is 18.2 Å². The van der Waals surface area contributed by atoms with E-state index in [2.05, 4.69) is 15.6 Å². The second kappa shape index (κ2) is 5.81. The fourth-order valence-corrected chi connectivity index (χ4v) is 3.17. The number of aromatic nitrogens is 3. The van der Waals surface area contributed by atoms with Crippen LogP contribution in [-0.2, 0) is 7.05 Å². The van der Waals surface area contributed by atoms with Gasteiger partial charge < -0.3 is 10.4 Å². The molecule has 0 spiro atoms. The first-order valence-electron chi connectivity index (χ1n) is 7.40. The van der Waals surface area contributed by atoms with Crippen LogP contribution in [0.4, 0.5) is 0 Å². The number of fused-ring (bicyclic) bond motifs is 1. The average molecular weight is 288 g/mol. The first kappa shape index (κ1) is 14.0. The van der Waals surface area contributed by atoms with E-state index in [9.17, 15) is 4.79 Å². The van der Waals surface area contributed by atoms with Gasteiger partial charge in [0.05, 0.1) is 5.52 Å². The molecule has 1 fully saturated rings. The molecule has 0 aliphatic heterocycles. The van der Waals surface area contributed by atoms with Crippen molar-refractivity contribution in [1.82, 2.24) is 20.3 Å². The maximum atomic E-state index is 12.4. The normalized spacial score (nSPS) is 21.8. The van der Waals surface area contributed by atoms with Gasteiger partial charge in [-0.2, -0.15) is 0 Å². The van der Waals surface area contributed by atoms with Crippen LogP contribution in [-0.4, -0.2) is 38.7 Å². The van der Waals surface area contributed by atoms with Crippen molar-refractivity contribution in [3.63, 3.8) is 0 Å². The lowest BCUT2D eigenvalue weighted by atomic mass is 9.99. The van der Waals surface area contributed by atoms with Crippen molar-refractivity contribution in [2.45, 2.75) is 31.7 Å². The Bertz CT molecular complexity index is 652. The molecule has 2 aromatic rings. The Hall–Kier alpha value is -1.95. The van der Waals surface area contributed by atoms with Crippen LogP contribution in [0.3, 0.4) is 0 Å². The van der Waals surface area contributed by atoms with Gasteiger partial charge in [0.25, 0.3) is 5.91 Å². The van der Waals surface area contributed by atoms with Crippen molar-refractivity contribution < 1.29 is 9.90 Å². The van der Waals surface area contributed by atoms with Crippen molar-refractivity contribution in [3.05, 3.63) is 23.8 Å². The van der Waals surface area contributed by atoms with E-state index in [1.807, 2.05) is 13.1 Å². The van der Waals surface area contributed by atoms with Crippen molar-refractivity contribution in [3.8, 4) is 0 Å². The molecule has 1 aromatic heterocycles. The Morgan fingerprint density at radius 2 is 2.33 bits per heavy atom. The van der Waals surface area contributed by atoms with E-state index in [0.29, 0.717) is 11.5 Å². The number of carbonyl (C=O) groups excluding carboxylic acids is 1. The number of aliphatic hydroxyl groups excluding tert-OH is 1. The molecule has 0 saturated heterocycles. The zero-order valence-electron chi connectivity index (χ0n) is 12.1. The minimum absolute atomic E-state index is 0.0719. The molecule has 1 saturated carbocycles. The zero-order chi connectivity index (χ0) is 14.8. The molecule has 1 aromatic carbocycles. The second-order valence-corrected chi connectivity index (χ2v) is 5.70. The van der Waals surface area contributed by atoms with E-state index >= 15 is 0 Å². The summed E-state index contributed by atoms with van der Waals surface area (Å²) in [6, 6.07) is 5.61. The minimum Gasteiger partial charge on any atom is -0.396 e. The minimum atomic E-state index is -0.0719. The highest BCUT2D eigenvalue weighted by molar-refractivity contribution is 5.97. The van der Waals surface area contributed by atoms with E-state index in [0.717, 1.165) is 36.7 Å². The molecular formula is C15H20N4O2. The molecule has 0 bridgehead atoms. The van der Waals surface area contributed by atoms with E-state index in [4.69, 9.17) is 5.11 Å². The maximum Gasteiger partial charge on any atom is 0.251 e. The molecule has 6 nitrogen and oxygen atoms in total. The number of hydrogen-bond acceptors (Lipinski definition) is 4. The Kier molecular flexibility index (Phi) is 3.88. The third kappa shape index (κ3) is 2.76. The van der Waals surface area contributed by atoms with E-state index < -0.39 is 0 Å². The smallest absolute Gasteiger partial charge is 0.251 e. The predicted octanol–water partition coefficient (Wildman–Crippen LogP) is 1.25. The first-order valence-corrected chi connectivity index (χ1v) is 7.40. The van der Waals surface area contributed by atoms with Gasteiger partial charge in [-0.15, -0.1) is 5.10 Å². The molecule has 1 aliphatic carbocycles. The number of hydrogen-bond donors (Lipinski definition) is 2. The maximum absolute atomic E-state index is 12.4. The number of nitrogens with one attached hydrogen (secondary N) is 1. The molecule has 0 radical (unpaired) electrons. The predicted molar refractivity (Wildman–Crippen MR) is 78.8 cm³/mol. The summed E-state index contributed by atoms with van der Waals surface area (Å²) in [6.45, 7) is 0.183. The highest BCUT2D eigenvalue weighted by Gasteiger charge is 2.28. The number of amides is 1. The Morgan fingerprint density at radius 3 is 3.14 bits per heavy atom. The number of nitrogens with zero attached hydrogens (tertiary/aromatic N) is 3. The summed E-state index contributed by atoms with van der Waals surface area (Å²) in [5.41, 5.74) is 2.24. The second-order valence-electron chi connectivity index (χ2n) is 5.70. The summed E-state index contributed by atoms with van der Waals surface area (Å²) in [7, 11) is 1.83. The molecule has 2 atom stereocenters. The number of carbonyl (C=O) groups is 1. The highest BCUT2D eigenvalue weighted by Crippen LogP contribution is 2.28. The largest absolute Gasteiger partial charge is 0.396 e. The van der Waals surface area contributed by atoms with Gasteiger partial charge in [-0.1, -0.05) is 11.6 Å². The third-order valence-corrected chi connectivity index (χ3v) is 4.35. The summed E-state index contributed by atoms with van der Waals surface area (Å²) in [4.78, 5) is 12.4. The van der Waals surface area contributed by atoms with Gasteiger partial charge in [-0.25, -0.2) is 4.68 Å². The van der Waals surface area contributed by atoms with Gasteiger partial charge >= 0.3 is 0 Å².